The van der Waals surface area contributed by atoms with Crippen molar-refractivity contribution in [2.75, 3.05) is 0 Å². The highest BCUT2D eigenvalue weighted by Crippen LogP contribution is 2.29. The summed E-state index contributed by atoms with van der Waals surface area (Å²) < 4.78 is 39.8. The van der Waals surface area contributed by atoms with Gasteiger partial charge in [0, 0.05) is 6.07 Å². The molecule has 0 amide bonds. The number of nitrogens with zero attached hydrogens (tertiary/aromatic N) is 1. The lowest BCUT2D eigenvalue weighted by atomic mass is 10.0. The molecular weight excluding hydrogens is 283 g/mol. The van der Waals surface area contributed by atoms with Crippen molar-refractivity contribution in [3.8, 4) is 0 Å². The predicted molar refractivity (Wildman–Crippen MR) is 69.2 cm³/mol. The Balaban J connectivity index is 2.23. The average molecular weight is 291 g/mol. The Hall–Kier alpha value is -2.63. The summed E-state index contributed by atoms with van der Waals surface area (Å²) in [5, 5.41) is 12.2. The van der Waals surface area contributed by atoms with Gasteiger partial charge in [-0.25, -0.2) is 13.2 Å². The number of rotatable bonds is 1. The van der Waals surface area contributed by atoms with Crippen LogP contribution in [0.4, 0.5) is 18.9 Å². The fourth-order valence-corrected chi connectivity index (χ4v) is 2.28. The maximum atomic E-state index is 13.3. The highest BCUT2D eigenvalue weighted by molar-refractivity contribution is 6.52. The van der Waals surface area contributed by atoms with Crippen molar-refractivity contribution in [3.63, 3.8) is 0 Å². The molecule has 2 aromatic carbocycles. The van der Waals surface area contributed by atoms with Crippen molar-refractivity contribution >= 4 is 17.2 Å². The first-order valence-electron chi connectivity index (χ1n) is 6.04. The Morgan fingerprint density at radius 3 is 2.29 bits per heavy atom. The van der Waals surface area contributed by atoms with E-state index in [0.29, 0.717) is 16.9 Å². The number of benzene rings is 2. The van der Waals surface area contributed by atoms with E-state index in [1.807, 2.05) is 0 Å². The molecule has 3 nitrogen and oxygen atoms in total. The van der Waals surface area contributed by atoms with Crippen LogP contribution in [0.15, 0.2) is 30.3 Å². The number of fused-ring (bicyclic) bond motifs is 1. The fraction of sp³-hybridized carbons (Fsp3) is 0.0667. The smallest absolute Gasteiger partial charge is 0.273 e. The highest BCUT2D eigenvalue weighted by atomic mass is 19.2. The molecule has 1 aliphatic heterocycles. The zero-order valence-corrected chi connectivity index (χ0v) is 10.8. The van der Waals surface area contributed by atoms with Crippen molar-refractivity contribution in [1.82, 2.24) is 0 Å². The fourth-order valence-electron chi connectivity index (χ4n) is 2.28. The number of hydrogen-bond donors (Lipinski definition) is 0. The molecule has 0 bridgehead atoms. The summed E-state index contributed by atoms with van der Waals surface area (Å²) in [7, 11) is 0. The lowest BCUT2D eigenvalue weighted by molar-refractivity contribution is -0.355. The van der Waals surface area contributed by atoms with E-state index in [-0.39, 0.29) is 16.8 Å². The topological polar surface area (TPSA) is 43.1 Å². The molecule has 0 aromatic heterocycles. The van der Waals surface area contributed by atoms with Crippen LogP contribution in [0.5, 0.6) is 0 Å². The SMILES string of the molecule is Cc1ccc2c(c1)[N+]([O-])=C(c1cc(F)c(F)c(F)c1)C2=O. The van der Waals surface area contributed by atoms with Crippen LogP contribution in [0, 0.1) is 29.6 Å². The summed E-state index contributed by atoms with van der Waals surface area (Å²) in [6, 6.07) is 5.90. The Labute approximate surface area is 117 Å². The Kier molecular flexibility index (Phi) is 2.83. The van der Waals surface area contributed by atoms with Crippen LogP contribution in [0.3, 0.4) is 0 Å². The van der Waals surface area contributed by atoms with Crippen LogP contribution in [-0.2, 0) is 0 Å². The number of Topliss-reactive ketones (excluding diaryl/α,β-unsaturated/α-hetero) is 1. The van der Waals surface area contributed by atoms with Gasteiger partial charge >= 0.3 is 0 Å². The minimum atomic E-state index is -1.64. The predicted octanol–water partition coefficient (Wildman–Crippen LogP) is 3.24. The third-order valence-electron chi connectivity index (χ3n) is 3.29. The van der Waals surface area contributed by atoms with Gasteiger partial charge in [0.1, 0.15) is 5.56 Å². The minimum Gasteiger partial charge on any atom is -0.618 e. The molecule has 0 unspecified atom stereocenters. The molecule has 6 heteroatoms. The molecule has 1 heterocycles. The molecule has 0 fully saturated rings. The summed E-state index contributed by atoms with van der Waals surface area (Å²) in [6.45, 7) is 1.74. The first-order chi connectivity index (χ1) is 9.90. The van der Waals surface area contributed by atoms with Crippen LogP contribution in [0.25, 0.3) is 0 Å². The van der Waals surface area contributed by atoms with Crippen molar-refractivity contribution in [3.05, 3.63) is 69.7 Å². The molecule has 0 aliphatic carbocycles. The second-order valence-electron chi connectivity index (χ2n) is 4.75. The van der Waals surface area contributed by atoms with Crippen molar-refractivity contribution < 1.29 is 22.7 Å². The van der Waals surface area contributed by atoms with E-state index in [0.717, 1.165) is 5.56 Å². The molecule has 0 saturated heterocycles. The lowest BCUT2D eigenvalue weighted by Crippen LogP contribution is -2.17. The summed E-state index contributed by atoms with van der Waals surface area (Å²) >= 11 is 0. The Morgan fingerprint density at radius 2 is 1.67 bits per heavy atom. The van der Waals surface area contributed by atoms with Gasteiger partial charge in [-0.1, -0.05) is 6.07 Å². The maximum Gasteiger partial charge on any atom is 0.273 e. The normalized spacial score (nSPS) is 13.8. The van der Waals surface area contributed by atoms with Gasteiger partial charge in [-0.3, -0.25) is 4.79 Å². The molecule has 0 saturated carbocycles. The molecule has 0 N–H and O–H groups in total. The van der Waals surface area contributed by atoms with Gasteiger partial charge in [-0.05, 0) is 30.7 Å². The van der Waals surface area contributed by atoms with E-state index < -0.39 is 28.9 Å². The van der Waals surface area contributed by atoms with Gasteiger partial charge in [-0.2, -0.15) is 4.74 Å². The zero-order valence-electron chi connectivity index (χ0n) is 10.8. The number of halogens is 3. The van der Waals surface area contributed by atoms with Gasteiger partial charge in [0.2, 0.25) is 5.69 Å². The quantitative estimate of drug-likeness (QED) is 0.460. The molecule has 3 rings (SSSR count). The van der Waals surface area contributed by atoms with Crippen LogP contribution in [0.2, 0.25) is 0 Å². The minimum absolute atomic E-state index is 0.111. The summed E-state index contributed by atoms with van der Waals surface area (Å²) in [5.41, 5.74) is 0.310. The Morgan fingerprint density at radius 1 is 1.05 bits per heavy atom. The van der Waals surface area contributed by atoms with Crippen LogP contribution in [-0.4, -0.2) is 16.2 Å². The van der Waals surface area contributed by atoms with Gasteiger partial charge in [0.05, 0.1) is 5.56 Å². The van der Waals surface area contributed by atoms with Gasteiger partial charge < -0.3 is 5.21 Å². The van der Waals surface area contributed by atoms with E-state index in [4.69, 9.17) is 0 Å². The second kappa shape index (κ2) is 4.44. The first kappa shape index (κ1) is 13.4. The highest BCUT2D eigenvalue weighted by Gasteiger charge is 2.37. The van der Waals surface area contributed by atoms with E-state index >= 15 is 0 Å². The zero-order chi connectivity index (χ0) is 15.3. The number of aryl methyl sites for hydroxylation is 1. The van der Waals surface area contributed by atoms with Crippen molar-refractivity contribution in [1.29, 1.82) is 0 Å². The molecular formula is C15H8F3NO2. The Bertz CT molecular complexity index is 805. The number of carbonyl (C=O) groups excluding carboxylic acids is 1. The summed E-state index contributed by atoms with van der Waals surface area (Å²) in [6.07, 6.45) is 0. The standard InChI is InChI=1S/C15H8F3NO2/c1-7-2-3-9-12(4-7)19(21)14(15(9)20)8-5-10(16)13(18)11(17)6-8/h2-6H,1H3. The number of hydrogen-bond acceptors (Lipinski definition) is 2. The molecule has 0 spiro atoms. The third-order valence-corrected chi connectivity index (χ3v) is 3.29. The second-order valence-corrected chi connectivity index (χ2v) is 4.75. The van der Waals surface area contributed by atoms with Crippen molar-refractivity contribution in [2.45, 2.75) is 6.92 Å². The first-order valence-corrected chi connectivity index (χ1v) is 6.04. The van der Waals surface area contributed by atoms with Crippen LogP contribution < -0.4 is 0 Å². The molecule has 0 atom stereocenters. The lowest BCUT2D eigenvalue weighted by Gasteiger charge is -2.03. The van der Waals surface area contributed by atoms with Gasteiger partial charge in [0.25, 0.3) is 11.5 Å². The number of ketones is 1. The maximum absolute atomic E-state index is 13.3. The largest absolute Gasteiger partial charge is 0.618 e. The van der Waals surface area contributed by atoms with E-state index in [9.17, 15) is 23.2 Å². The third kappa shape index (κ3) is 1.91. The van der Waals surface area contributed by atoms with E-state index in [1.54, 1.807) is 13.0 Å². The monoisotopic (exact) mass is 291 g/mol. The average Bonchev–Trinajstić information content (AvgIpc) is 2.67. The molecule has 21 heavy (non-hydrogen) atoms. The summed E-state index contributed by atoms with van der Waals surface area (Å²) in [5.74, 6) is -5.20. The van der Waals surface area contributed by atoms with Gasteiger partial charge in [-0.15, -0.1) is 0 Å². The van der Waals surface area contributed by atoms with Crippen molar-refractivity contribution in [2.24, 2.45) is 0 Å². The molecule has 1 aliphatic rings. The number of carbonyl (C=O) groups is 1. The van der Waals surface area contributed by atoms with E-state index in [2.05, 4.69) is 0 Å². The van der Waals surface area contributed by atoms with Gasteiger partial charge in [0.15, 0.2) is 17.5 Å². The summed E-state index contributed by atoms with van der Waals surface area (Å²) in [4.78, 5) is 12.2. The molecule has 106 valence electrons. The van der Waals surface area contributed by atoms with Crippen LogP contribution in [0.1, 0.15) is 21.5 Å². The molecule has 0 radical (unpaired) electrons. The molecule has 2 aromatic rings. The van der Waals surface area contributed by atoms with Crippen LogP contribution >= 0.6 is 0 Å². The van der Waals surface area contributed by atoms with E-state index in [1.165, 1.54) is 12.1 Å².